The second-order valence-electron chi connectivity index (χ2n) is 3.32. The van der Waals surface area contributed by atoms with Gasteiger partial charge in [0.05, 0.1) is 5.69 Å². The van der Waals surface area contributed by atoms with Gasteiger partial charge in [-0.15, -0.1) is 0 Å². The van der Waals surface area contributed by atoms with E-state index in [0.717, 1.165) is 12.3 Å². The van der Waals surface area contributed by atoms with Crippen LogP contribution >= 0.6 is 15.9 Å². The van der Waals surface area contributed by atoms with Crippen LogP contribution in [0.4, 0.5) is 26.3 Å². The van der Waals surface area contributed by atoms with Gasteiger partial charge in [-0.05, 0) is 28.1 Å². The van der Waals surface area contributed by atoms with Gasteiger partial charge in [-0.1, -0.05) is 0 Å². The number of hydrogen-bond donors (Lipinski definition) is 0. The summed E-state index contributed by atoms with van der Waals surface area (Å²) in [6, 6.07) is 1.73. The molecule has 0 spiro atoms. The van der Waals surface area contributed by atoms with Gasteiger partial charge in [-0.3, -0.25) is 4.98 Å². The van der Waals surface area contributed by atoms with Gasteiger partial charge in [-0.2, -0.15) is 34.8 Å². The third-order valence-corrected chi connectivity index (χ3v) is 3.30. The molecule has 1 heterocycles. The van der Waals surface area contributed by atoms with Crippen molar-refractivity contribution in [3.05, 3.63) is 28.5 Å². The maximum absolute atomic E-state index is 12.6. The zero-order valence-corrected chi connectivity index (χ0v) is 11.4. The van der Waals surface area contributed by atoms with Gasteiger partial charge in [0.2, 0.25) is 6.10 Å². The van der Waals surface area contributed by atoms with Crippen LogP contribution in [-0.2, 0) is 14.3 Å². The molecule has 0 N–H and O–H groups in total. The van der Waals surface area contributed by atoms with E-state index >= 15 is 0 Å². The highest BCUT2D eigenvalue weighted by Gasteiger charge is 2.54. The van der Waals surface area contributed by atoms with E-state index in [0.29, 0.717) is 6.07 Å². The molecule has 1 rings (SSSR count). The van der Waals surface area contributed by atoms with Gasteiger partial charge in [0.25, 0.3) is 0 Å². The molecule has 12 heteroatoms. The monoisotopic (exact) mass is 387 g/mol. The van der Waals surface area contributed by atoms with Crippen LogP contribution in [0.2, 0.25) is 0 Å². The Morgan fingerprint density at radius 1 is 1.15 bits per heavy atom. The molecule has 1 aromatic heterocycles. The predicted molar refractivity (Wildman–Crippen MR) is 56.8 cm³/mol. The van der Waals surface area contributed by atoms with E-state index in [1.54, 1.807) is 0 Å². The molecular formula is C8H4BrF6NO3S. The van der Waals surface area contributed by atoms with Crippen LogP contribution < -0.4 is 0 Å². The quantitative estimate of drug-likeness (QED) is 0.453. The molecule has 0 saturated carbocycles. The SMILES string of the molecule is O=S(=O)(OC(c1ccc(Br)cn1)C(F)(F)F)C(F)(F)F. The minimum absolute atomic E-state index is 0.251. The Hall–Kier alpha value is -0.880. The molecule has 1 unspecified atom stereocenters. The first-order valence-electron chi connectivity index (χ1n) is 4.52. The molecular weight excluding hydrogens is 384 g/mol. The van der Waals surface area contributed by atoms with Crippen molar-refractivity contribution in [2.75, 3.05) is 0 Å². The molecule has 0 amide bonds. The standard InChI is InChI=1S/C8H4BrF6NO3S/c9-4-1-2-5(16-3-4)6(7(10,11)12)19-20(17,18)8(13,14)15/h1-3,6H. The lowest BCUT2D eigenvalue weighted by atomic mass is 10.2. The molecule has 0 aromatic carbocycles. The molecule has 1 atom stereocenters. The van der Waals surface area contributed by atoms with Crippen molar-refractivity contribution in [1.82, 2.24) is 4.98 Å². The summed E-state index contributed by atoms with van der Waals surface area (Å²) in [6.45, 7) is 0. The van der Waals surface area contributed by atoms with E-state index in [2.05, 4.69) is 25.1 Å². The van der Waals surface area contributed by atoms with Crippen LogP contribution in [0.5, 0.6) is 0 Å². The lowest BCUT2D eigenvalue weighted by Gasteiger charge is -2.20. The lowest BCUT2D eigenvalue weighted by molar-refractivity contribution is -0.201. The number of aromatic nitrogens is 1. The van der Waals surface area contributed by atoms with Gasteiger partial charge in [0.1, 0.15) is 0 Å². The smallest absolute Gasteiger partial charge is 0.257 e. The summed E-state index contributed by atoms with van der Waals surface area (Å²) in [5.41, 5.74) is -6.99. The fraction of sp³-hybridized carbons (Fsp3) is 0.375. The zero-order valence-electron chi connectivity index (χ0n) is 9.04. The molecule has 1 aromatic rings. The Morgan fingerprint density at radius 2 is 1.70 bits per heavy atom. The lowest BCUT2D eigenvalue weighted by Crippen LogP contribution is -2.33. The number of halogens is 7. The van der Waals surface area contributed by atoms with Gasteiger partial charge in [0, 0.05) is 10.7 Å². The van der Waals surface area contributed by atoms with Gasteiger partial charge >= 0.3 is 21.8 Å². The minimum atomic E-state index is -6.41. The molecule has 0 bridgehead atoms. The Morgan fingerprint density at radius 3 is 2.05 bits per heavy atom. The minimum Gasteiger partial charge on any atom is -0.257 e. The molecule has 114 valence electrons. The van der Waals surface area contributed by atoms with E-state index in [9.17, 15) is 34.8 Å². The molecule has 0 saturated heterocycles. The van der Waals surface area contributed by atoms with Crippen molar-refractivity contribution >= 4 is 26.0 Å². The first-order chi connectivity index (χ1) is 8.84. The Labute approximate surface area is 117 Å². The normalized spacial score (nSPS) is 15.2. The number of nitrogens with zero attached hydrogens (tertiary/aromatic N) is 1. The maximum atomic E-state index is 12.6. The van der Waals surface area contributed by atoms with Crippen LogP contribution in [0.15, 0.2) is 22.8 Å². The number of pyridine rings is 1. The van der Waals surface area contributed by atoms with E-state index in [-0.39, 0.29) is 4.47 Å². The zero-order chi connectivity index (χ0) is 15.8. The molecule has 4 nitrogen and oxygen atoms in total. The number of rotatable bonds is 3. The van der Waals surface area contributed by atoms with E-state index in [1.807, 2.05) is 0 Å². The third-order valence-electron chi connectivity index (χ3n) is 1.82. The fourth-order valence-electron chi connectivity index (χ4n) is 0.995. The van der Waals surface area contributed by atoms with Crippen LogP contribution in [0.25, 0.3) is 0 Å². The summed E-state index contributed by atoms with van der Waals surface area (Å²) in [5.74, 6) is 0. The van der Waals surface area contributed by atoms with Crippen LogP contribution in [-0.4, -0.2) is 25.1 Å². The molecule has 0 aliphatic rings. The van der Waals surface area contributed by atoms with Gasteiger partial charge < -0.3 is 0 Å². The molecule has 0 radical (unpaired) electrons. The highest BCUT2D eigenvalue weighted by Crippen LogP contribution is 2.39. The first-order valence-corrected chi connectivity index (χ1v) is 6.72. The third kappa shape index (κ3) is 4.06. The summed E-state index contributed by atoms with van der Waals surface area (Å²) in [6.07, 6.45) is -7.88. The summed E-state index contributed by atoms with van der Waals surface area (Å²) in [4.78, 5) is 3.19. The molecule has 0 fully saturated rings. The van der Waals surface area contributed by atoms with E-state index < -0.39 is 33.6 Å². The van der Waals surface area contributed by atoms with Crippen LogP contribution in [0.1, 0.15) is 11.8 Å². The highest BCUT2D eigenvalue weighted by molar-refractivity contribution is 9.10. The molecule has 0 aliphatic carbocycles. The topological polar surface area (TPSA) is 56.3 Å². The summed E-state index contributed by atoms with van der Waals surface area (Å²) < 4.78 is 98.8. The predicted octanol–water partition coefficient (Wildman–Crippen LogP) is 3.31. The van der Waals surface area contributed by atoms with Crippen LogP contribution in [0.3, 0.4) is 0 Å². The number of hydrogen-bond acceptors (Lipinski definition) is 4. The van der Waals surface area contributed by atoms with Crippen molar-refractivity contribution in [3.8, 4) is 0 Å². The summed E-state index contributed by atoms with van der Waals surface area (Å²) in [5, 5.41) is 0. The van der Waals surface area contributed by atoms with Gasteiger partial charge in [0.15, 0.2) is 0 Å². The fourth-order valence-corrected chi connectivity index (χ4v) is 1.80. The van der Waals surface area contributed by atoms with Crippen molar-refractivity contribution < 1.29 is 38.9 Å². The second kappa shape index (κ2) is 5.48. The van der Waals surface area contributed by atoms with Crippen molar-refractivity contribution in [1.29, 1.82) is 0 Å². The first kappa shape index (κ1) is 17.2. The maximum Gasteiger partial charge on any atom is 0.523 e. The van der Waals surface area contributed by atoms with E-state index in [4.69, 9.17) is 0 Å². The Balaban J connectivity index is 3.20. The average molecular weight is 388 g/mol. The highest BCUT2D eigenvalue weighted by atomic mass is 79.9. The number of alkyl halides is 6. The molecule has 0 aliphatic heterocycles. The Kier molecular flexibility index (Phi) is 4.71. The van der Waals surface area contributed by atoms with Crippen molar-refractivity contribution in [2.45, 2.75) is 17.8 Å². The van der Waals surface area contributed by atoms with Crippen molar-refractivity contribution in [3.63, 3.8) is 0 Å². The van der Waals surface area contributed by atoms with Crippen molar-refractivity contribution in [2.24, 2.45) is 0 Å². The second-order valence-corrected chi connectivity index (χ2v) is 5.80. The Bertz CT molecular complexity index is 567. The largest absolute Gasteiger partial charge is 0.523 e. The summed E-state index contributed by atoms with van der Waals surface area (Å²) in [7, 11) is -6.41. The van der Waals surface area contributed by atoms with Gasteiger partial charge in [-0.25, -0.2) is 4.18 Å². The molecule has 20 heavy (non-hydrogen) atoms. The average Bonchev–Trinajstić information content (AvgIpc) is 2.24. The van der Waals surface area contributed by atoms with E-state index in [1.165, 1.54) is 0 Å². The summed E-state index contributed by atoms with van der Waals surface area (Å²) >= 11 is 2.86. The van der Waals surface area contributed by atoms with Crippen LogP contribution in [0, 0.1) is 0 Å².